The van der Waals surface area contributed by atoms with Crippen LogP contribution >= 0.6 is 0 Å². The van der Waals surface area contributed by atoms with Crippen LogP contribution in [0.4, 0.5) is 5.82 Å². The number of nitrogens with one attached hydrogen (secondary N) is 1. The van der Waals surface area contributed by atoms with E-state index < -0.39 is 0 Å². The highest BCUT2D eigenvalue weighted by atomic mass is 16.5. The Morgan fingerprint density at radius 3 is 2.95 bits per heavy atom. The molecule has 1 unspecified atom stereocenters. The van der Waals surface area contributed by atoms with Gasteiger partial charge in [-0.3, -0.25) is 9.69 Å². The van der Waals surface area contributed by atoms with Crippen LogP contribution in [0.15, 0.2) is 10.9 Å². The molecule has 20 heavy (non-hydrogen) atoms. The van der Waals surface area contributed by atoms with E-state index in [-0.39, 0.29) is 5.56 Å². The summed E-state index contributed by atoms with van der Waals surface area (Å²) in [6.45, 7) is 4.73. The molecule has 1 aromatic rings. The van der Waals surface area contributed by atoms with Crippen LogP contribution in [0, 0.1) is 0 Å². The Morgan fingerprint density at radius 2 is 2.20 bits per heavy atom. The number of rotatable bonds is 4. The maximum absolute atomic E-state index is 11.7. The minimum absolute atomic E-state index is 0.105. The Bertz CT molecular complexity index is 510. The number of ether oxygens (including phenoxy) is 1. The number of likely N-dealkylation sites (tertiary alicyclic amines) is 1. The van der Waals surface area contributed by atoms with Gasteiger partial charge in [-0.15, -0.1) is 0 Å². The Morgan fingerprint density at radius 1 is 1.40 bits per heavy atom. The number of aromatic amines is 1. The molecule has 2 aliphatic rings. The van der Waals surface area contributed by atoms with Gasteiger partial charge in [-0.1, -0.05) is 0 Å². The van der Waals surface area contributed by atoms with E-state index in [0.29, 0.717) is 18.5 Å². The molecular weight excluding hydrogens is 256 g/mol. The van der Waals surface area contributed by atoms with Gasteiger partial charge in [0.05, 0.1) is 0 Å². The molecule has 0 aromatic carbocycles. The molecule has 6 heteroatoms. The monoisotopic (exact) mass is 278 g/mol. The second-order valence-electron chi connectivity index (χ2n) is 5.61. The van der Waals surface area contributed by atoms with Crippen molar-refractivity contribution in [2.75, 3.05) is 38.2 Å². The van der Waals surface area contributed by atoms with Crippen molar-refractivity contribution in [1.82, 2.24) is 14.9 Å². The Labute approximate surface area is 118 Å². The zero-order chi connectivity index (χ0) is 13.9. The molecule has 0 radical (unpaired) electrons. The summed E-state index contributed by atoms with van der Waals surface area (Å²) in [5, 5.41) is 0. The summed E-state index contributed by atoms with van der Waals surface area (Å²) < 4.78 is 5.04. The number of H-pyrrole nitrogens is 1. The molecule has 3 heterocycles. The van der Waals surface area contributed by atoms with Gasteiger partial charge in [-0.25, -0.2) is 4.98 Å². The Kier molecular flexibility index (Phi) is 4.03. The molecule has 0 aliphatic carbocycles. The van der Waals surface area contributed by atoms with Gasteiger partial charge in [-0.2, -0.15) is 0 Å². The van der Waals surface area contributed by atoms with Gasteiger partial charge in [0.2, 0.25) is 0 Å². The van der Waals surface area contributed by atoms with Crippen LogP contribution in [0.25, 0.3) is 0 Å². The topological polar surface area (TPSA) is 61.5 Å². The van der Waals surface area contributed by atoms with Crippen LogP contribution < -0.4 is 10.5 Å². The van der Waals surface area contributed by atoms with E-state index in [9.17, 15) is 4.79 Å². The lowest BCUT2D eigenvalue weighted by Gasteiger charge is -2.24. The summed E-state index contributed by atoms with van der Waals surface area (Å²) in [5.74, 6) is 1.38. The molecule has 0 saturated carbocycles. The number of hydrogen-bond donors (Lipinski definition) is 1. The maximum atomic E-state index is 11.7. The van der Waals surface area contributed by atoms with E-state index in [0.717, 1.165) is 25.3 Å². The largest absolute Gasteiger partial charge is 0.377 e. The summed E-state index contributed by atoms with van der Waals surface area (Å²) in [6.07, 6.45) is 3.80. The number of aromatic nitrogens is 2. The van der Waals surface area contributed by atoms with Crippen molar-refractivity contribution in [3.05, 3.63) is 22.2 Å². The van der Waals surface area contributed by atoms with E-state index in [4.69, 9.17) is 4.74 Å². The molecule has 2 saturated heterocycles. The normalized spacial score (nSPS) is 23.6. The molecule has 1 aromatic heterocycles. The van der Waals surface area contributed by atoms with Gasteiger partial charge in [0.25, 0.3) is 5.56 Å². The third kappa shape index (κ3) is 2.86. The maximum Gasteiger partial charge on any atom is 0.253 e. The van der Waals surface area contributed by atoms with E-state index in [2.05, 4.69) is 19.8 Å². The first-order valence-electron chi connectivity index (χ1n) is 7.34. The molecule has 0 bridgehead atoms. The SMILES string of the molecule is COCc1nc(N2CCC(N3CCCC3)C2)cc(=O)[nH]1. The van der Waals surface area contributed by atoms with Crippen LogP contribution in [-0.2, 0) is 11.3 Å². The van der Waals surface area contributed by atoms with Crippen molar-refractivity contribution in [2.24, 2.45) is 0 Å². The molecule has 6 nitrogen and oxygen atoms in total. The summed E-state index contributed by atoms with van der Waals surface area (Å²) in [5.41, 5.74) is -0.105. The molecule has 1 N–H and O–H groups in total. The average molecular weight is 278 g/mol. The zero-order valence-corrected chi connectivity index (χ0v) is 12.0. The number of methoxy groups -OCH3 is 1. The molecular formula is C14H22N4O2. The summed E-state index contributed by atoms with van der Waals surface area (Å²) in [7, 11) is 1.60. The third-order valence-electron chi connectivity index (χ3n) is 4.20. The lowest BCUT2D eigenvalue weighted by Crippen LogP contribution is -2.35. The lowest BCUT2D eigenvalue weighted by molar-refractivity contribution is 0.177. The smallest absolute Gasteiger partial charge is 0.253 e. The summed E-state index contributed by atoms with van der Waals surface area (Å²) >= 11 is 0. The van der Waals surface area contributed by atoms with E-state index in [1.54, 1.807) is 13.2 Å². The van der Waals surface area contributed by atoms with E-state index >= 15 is 0 Å². The number of hydrogen-bond acceptors (Lipinski definition) is 5. The van der Waals surface area contributed by atoms with Crippen LogP contribution in [0.2, 0.25) is 0 Å². The van der Waals surface area contributed by atoms with Gasteiger partial charge >= 0.3 is 0 Å². The molecule has 0 spiro atoms. The fraction of sp³-hybridized carbons (Fsp3) is 0.714. The third-order valence-corrected chi connectivity index (χ3v) is 4.20. The van der Waals surface area contributed by atoms with Crippen molar-refractivity contribution in [3.8, 4) is 0 Å². The van der Waals surface area contributed by atoms with Crippen LogP contribution in [0.1, 0.15) is 25.1 Å². The van der Waals surface area contributed by atoms with Crippen LogP contribution in [-0.4, -0.2) is 54.2 Å². The molecule has 3 rings (SSSR count). The Hall–Kier alpha value is -1.40. The molecule has 2 fully saturated rings. The first-order chi connectivity index (χ1) is 9.76. The van der Waals surface area contributed by atoms with E-state index in [1.807, 2.05) is 0 Å². The first kappa shape index (κ1) is 13.6. The molecule has 110 valence electrons. The molecule has 0 amide bonds. The second-order valence-corrected chi connectivity index (χ2v) is 5.61. The number of nitrogens with zero attached hydrogens (tertiary/aromatic N) is 3. The molecule has 2 aliphatic heterocycles. The van der Waals surface area contributed by atoms with Crippen molar-refractivity contribution in [1.29, 1.82) is 0 Å². The Balaban J connectivity index is 1.71. The highest BCUT2D eigenvalue weighted by molar-refractivity contribution is 5.39. The fourth-order valence-electron chi connectivity index (χ4n) is 3.22. The van der Waals surface area contributed by atoms with Gasteiger partial charge < -0.3 is 14.6 Å². The van der Waals surface area contributed by atoms with Crippen LogP contribution in [0.5, 0.6) is 0 Å². The van der Waals surface area contributed by atoms with Gasteiger partial charge in [0.1, 0.15) is 18.2 Å². The molecule has 1 atom stereocenters. The van der Waals surface area contributed by atoms with E-state index in [1.165, 1.54) is 25.9 Å². The highest BCUT2D eigenvalue weighted by Gasteiger charge is 2.30. The quantitative estimate of drug-likeness (QED) is 0.873. The summed E-state index contributed by atoms with van der Waals surface area (Å²) in [6, 6.07) is 2.20. The minimum atomic E-state index is -0.105. The van der Waals surface area contributed by atoms with Crippen molar-refractivity contribution < 1.29 is 4.74 Å². The van der Waals surface area contributed by atoms with Crippen molar-refractivity contribution in [3.63, 3.8) is 0 Å². The highest BCUT2D eigenvalue weighted by Crippen LogP contribution is 2.23. The fourth-order valence-corrected chi connectivity index (χ4v) is 3.22. The average Bonchev–Trinajstić information content (AvgIpc) is 3.10. The van der Waals surface area contributed by atoms with Crippen molar-refractivity contribution >= 4 is 5.82 Å². The van der Waals surface area contributed by atoms with Gasteiger partial charge in [-0.05, 0) is 32.4 Å². The minimum Gasteiger partial charge on any atom is -0.377 e. The first-order valence-corrected chi connectivity index (χ1v) is 7.34. The predicted octanol–water partition coefficient (Wildman–Crippen LogP) is 0.591. The predicted molar refractivity (Wildman–Crippen MR) is 77.0 cm³/mol. The standard InChI is InChI=1S/C14H22N4O2/c1-20-10-12-15-13(8-14(19)16-12)18-7-4-11(9-18)17-5-2-3-6-17/h8,11H,2-7,9-10H2,1H3,(H,15,16,19). The summed E-state index contributed by atoms with van der Waals surface area (Å²) in [4.78, 5) is 23.7. The second kappa shape index (κ2) is 5.93. The zero-order valence-electron chi connectivity index (χ0n) is 12.0. The van der Waals surface area contributed by atoms with Crippen molar-refractivity contribution in [2.45, 2.75) is 31.9 Å². The van der Waals surface area contributed by atoms with Crippen LogP contribution in [0.3, 0.4) is 0 Å². The van der Waals surface area contributed by atoms with Gasteiger partial charge in [0.15, 0.2) is 0 Å². The van der Waals surface area contributed by atoms with Gasteiger partial charge in [0, 0.05) is 32.3 Å². The lowest BCUT2D eigenvalue weighted by atomic mass is 10.2. The number of anilines is 1.